The first-order valence-corrected chi connectivity index (χ1v) is 9.37. The molecule has 1 saturated heterocycles. The van der Waals surface area contributed by atoms with Crippen LogP contribution in [-0.2, 0) is 23.5 Å². The zero-order chi connectivity index (χ0) is 15.1. The minimum atomic E-state index is -2.15. The molecule has 0 unspecified atom stereocenters. The van der Waals surface area contributed by atoms with Crippen molar-refractivity contribution in [1.29, 1.82) is 0 Å². The number of rotatable bonds is 3. The van der Waals surface area contributed by atoms with E-state index in [9.17, 15) is 9.59 Å². The predicted molar refractivity (Wildman–Crippen MR) is 73.0 cm³/mol. The summed E-state index contributed by atoms with van der Waals surface area (Å²) in [5.74, 6) is -1.86. The van der Waals surface area contributed by atoms with E-state index in [1.807, 2.05) is 13.1 Å². The minimum Gasteiger partial charge on any atom is -0.519 e. The zero-order valence-corrected chi connectivity index (χ0v) is 13.8. The Morgan fingerprint density at radius 1 is 1.37 bits per heavy atom. The number of carbonyl (C=O) groups is 2. The first-order valence-electron chi connectivity index (χ1n) is 6.47. The van der Waals surface area contributed by atoms with Gasteiger partial charge in [0.05, 0.1) is 6.42 Å². The second-order valence-electron chi connectivity index (χ2n) is 6.87. The molecular weight excluding hydrogens is 264 g/mol. The number of hydrogen-bond donors (Lipinski definition) is 0. The molecule has 5 nitrogen and oxygen atoms in total. The van der Waals surface area contributed by atoms with Crippen molar-refractivity contribution < 1.29 is 23.5 Å². The van der Waals surface area contributed by atoms with Crippen molar-refractivity contribution in [1.82, 2.24) is 0 Å². The molecule has 1 aliphatic heterocycles. The van der Waals surface area contributed by atoms with Gasteiger partial charge in [-0.15, -0.1) is 0 Å². The summed E-state index contributed by atoms with van der Waals surface area (Å²) in [6.07, 6.45) is -0.943. The van der Waals surface area contributed by atoms with Crippen LogP contribution in [0.3, 0.4) is 0 Å². The molecule has 0 aromatic rings. The van der Waals surface area contributed by atoms with Gasteiger partial charge in [0.25, 0.3) is 14.3 Å². The van der Waals surface area contributed by atoms with Crippen molar-refractivity contribution in [3.8, 4) is 0 Å². The molecule has 0 aliphatic carbocycles. The van der Waals surface area contributed by atoms with E-state index in [0.717, 1.165) is 0 Å². The quantitative estimate of drug-likeness (QED) is 0.590. The lowest BCUT2D eigenvalue weighted by Crippen LogP contribution is -2.43. The van der Waals surface area contributed by atoms with Crippen molar-refractivity contribution in [3.63, 3.8) is 0 Å². The Labute approximate surface area is 115 Å². The maximum Gasteiger partial charge on any atom is 0.338 e. The van der Waals surface area contributed by atoms with Gasteiger partial charge in [-0.25, -0.2) is 4.79 Å². The Kier molecular flexibility index (Phi) is 4.17. The van der Waals surface area contributed by atoms with E-state index >= 15 is 0 Å². The van der Waals surface area contributed by atoms with Gasteiger partial charge in [-0.05, 0) is 18.1 Å². The molecule has 6 heteroatoms. The summed E-state index contributed by atoms with van der Waals surface area (Å²) in [5, 5.41) is -0.0566. The molecule has 110 valence electrons. The van der Waals surface area contributed by atoms with E-state index in [0.29, 0.717) is 0 Å². The van der Waals surface area contributed by atoms with Crippen molar-refractivity contribution in [3.05, 3.63) is 0 Å². The molecule has 1 fully saturated rings. The molecule has 0 aromatic carbocycles. The van der Waals surface area contributed by atoms with Gasteiger partial charge in [-0.2, -0.15) is 0 Å². The molecule has 0 saturated carbocycles. The van der Waals surface area contributed by atoms with Crippen LogP contribution in [0.5, 0.6) is 0 Å². The predicted octanol–water partition coefficient (Wildman–Crippen LogP) is 2.60. The molecular formula is C13H24O5Si. The SMILES string of the molecule is CC1(C)OC(=O)[C@H](CC(=O)O[Si](C)(C)C(C)(C)C)O1. The van der Waals surface area contributed by atoms with Crippen LogP contribution in [-0.4, -0.2) is 32.1 Å². The van der Waals surface area contributed by atoms with Crippen molar-refractivity contribution >= 4 is 20.3 Å². The monoisotopic (exact) mass is 288 g/mol. The average Bonchev–Trinajstić information content (AvgIpc) is 2.35. The average molecular weight is 288 g/mol. The van der Waals surface area contributed by atoms with E-state index in [1.54, 1.807) is 13.8 Å². The lowest BCUT2D eigenvalue weighted by Gasteiger charge is -2.35. The van der Waals surface area contributed by atoms with Crippen LogP contribution in [0.25, 0.3) is 0 Å². The lowest BCUT2D eigenvalue weighted by molar-refractivity contribution is -0.161. The second kappa shape index (κ2) is 4.90. The smallest absolute Gasteiger partial charge is 0.338 e. The third-order valence-corrected chi connectivity index (χ3v) is 7.91. The summed E-state index contributed by atoms with van der Waals surface area (Å²) < 4.78 is 16.0. The fourth-order valence-corrected chi connectivity index (χ4v) is 2.44. The summed E-state index contributed by atoms with van der Waals surface area (Å²) in [4.78, 5) is 23.5. The standard InChI is InChI=1S/C13H24O5Si/c1-12(2,3)19(6,7)18-10(14)8-9-11(15)17-13(4,5)16-9/h9H,8H2,1-7H3/t9-/m0/s1. The largest absolute Gasteiger partial charge is 0.519 e. The number of cyclic esters (lactones) is 1. The summed E-state index contributed by atoms with van der Waals surface area (Å²) >= 11 is 0. The van der Waals surface area contributed by atoms with Crippen molar-refractivity contribution in [2.24, 2.45) is 0 Å². The van der Waals surface area contributed by atoms with E-state index in [2.05, 4.69) is 20.8 Å². The van der Waals surface area contributed by atoms with Crippen LogP contribution in [0, 0.1) is 0 Å². The summed E-state index contributed by atoms with van der Waals surface area (Å²) in [7, 11) is -2.15. The first-order chi connectivity index (χ1) is 8.34. The molecule has 0 amide bonds. The Morgan fingerprint density at radius 3 is 2.26 bits per heavy atom. The molecule has 1 heterocycles. The zero-order valence-electron chi connectivity index (χ0n) is 12.8. The van der Waals surface area contributed by atoms with Crippen LogP contribution in [0.1, 0.15) is 41.0 Å². The molecule has 0 radical (unpaired) electrons. The Morgan fingerprint density at radius 2 is 1.89 bits per heavy atom. The van der Waals surface area contributed by atoms with E-state index in [4.69, 9.17) is 13.9 Å². The number of carbonyl (C=O) groups excluding carboxylic acids is 2. The normalized spacial score (nSPS) is 23.1. The summed E-state index contributed by atoms with van der Waals surface area (Å²) in [5.41, 5.74) is 0. The van der Waals surface area contributed by atoms with Gasteiger partial charge in [0, 0.05) is 13.8 Å². The molecule has 0 N–H and O–H groups in total. The van der Waals surface area contributed by atoms with Crippen LogP contribution in [0.2, 0.25) is 18.1 Å². The molecule has 0 aromatic heterocycles. The van der Waals surface area contributed by atoms with Gasteiger partial charge >= 0.3 is 5.97 Å². The Hall–Kier alpha value is -0.883. The van der Waals surface area contributed by atoms with Gasteiger partial charge < -0.3 is 13.9 Å². The summed E-state index contributed by atoms with van der Waals surface area (Å²) in [6, 6.07) is 0. The molecule has 19 heavy (non-hydrogen) atoms. The third-order valence-electron chi connectivity index (χ3n) is 3.56. The number of ether oxygens (including phenoxy) is 2. The Balaban J connectivity index is 2.60. The van der Waals surface area contributed by atoms with Gasteiger partial charge in [-0.1, -0.05) is 20.8 Å². The highest BCUT2D eigenvalue weighted by Crippen LogP contribution is 2.37. The van der Waals surface area contributed by atoms with Crippen molar-refractivity contribution in [2.45, 2.75) is 71.1 Å². The fourth-order valence-electron chi connectivity index (χ4n) is 1.48. The summed E-state index contributed by atoms with van der Waals surface area (Å²) in [6.45, 7) is 13.4. The van der Waals surface area contributed by atoms with E-state index in [1.165, 1.54) is 0 Å². The van der Waals surface area contributed by atoms with Gasteiger partial charge in [0.1, 0.15) is 0 Å². The minimum absolute atomic E-state index is 0.0566. The highest BCUT2D eigenvalue weighted by molar-refractivity contribution is 6.75. The number of esters is 1. The lowest BCUT2D eigenvalue weighted by atomic mass is 10.2. The maximum atomic E-state index is 11.9. The van der Waals surface area contributed by atoms with Crippen LogP contribution < -0.4 is 0 Å². The topological polar surface area (TPSA) is 61.8 Å². The van der Waals surface area contributed by atoms with Crippen LogP contribution in [0.15, 0.2) is 0 Å². The third kappa shape index (κ3) is 4.04. The fraction of sp³-hybridized carbons (Fsp3) is 0.846. The van der Waals surface area contributed by atoms with Gasteiger partial charge in [-0.3, -0.25) is 4.79 Å². The second-order valence-corrected chi connectivity index (χ2v) is 11.6. The molecule has 0 spiro atoms. The Bertz CT molecular complexity index is 381. The van der Waals surface area contributed by atoms with Crippen LogP contribution in [0.4, 0.5) is 0 Å². The molecule has 1 atom stereocenters. The highest BCUT2D eigenvalue weighted by Gasteiger charge is 2.44. The molecule has 1 aliphatic rings. The van der Waals surface area contributed by atoms with Crippen LogP contribution >= 0.6 is 0 Å². The van der Waals surface area contributed by atoms with Gasteiger partial charge in [0.2, 0.25) is 5.79 Å². The first kappa shape index (κ1) is 16.2. The van der Waals surface area contributed by atoms with Crippen molar-refractivity contribution in [2.75, 3.05) is 0 Å². The molecule has 1 rings (SSSR count). The van der Waals surface area contributed by atoms with Gasteiger partial charge in [0.15, 0.2) is 6.10 Å². The highest BCUT2D eigenvalue weighted by atomic mass is 28.4. The van der Waals surface area contributed by atoms with E-state index in [-0.39, 0.29) is 11.5 Å². The number of hydrogen-bond acceptors (Lipinski definition) is 5. The molecule has 0 bridgehead atoms. The van der Waals surface area contributed by atoms with E-state index < -0.39 is 32.1 Å². The maximum absolute atomic E-state index is 11.9.